The third-order valence-corrected chi connectivity index (χ3v) is 5.35. The largest absolute Gasteiger partial charge is 0.455 e. The standard InChI is InChI=1S/C14H15IN2O3S/c1-17(2)21(18,19)13-8-4-7-12(14(13)16)20-11-6-3-5-10(15)9-11/h3-9H,16H2,1-2H3. The smallest absolute Gasteiger partial charge is 0.244 e. The number of benzene rings is 2. The maximum absolute atomic E-state index is 12.2. The Morgan fingerprint density at radius 3 is 2.43 bits per heavy atom. The van der Waals surface area contributed by atoms with E-state index < -0.39 is 10.0 Å². The van der Waals surface area contributed by atoms with Gasteiger partial charge in [-0.25, -0.2) is 12.7 Å². The summed E-state index contributed by atoms with van der Waals surface area (Å²) in [4.78, 5) is 0.0376. The van der Waals surface area contributed by atoms with Crippen LogP contribution in [0.4, 0.5) is 5.69 Å². The van der Waals surface area contributed by atoms with Crippen molar-refractivity contribution in [2.75, 3.05) is 19.8 Å². The summed E-state index contributed by atoms with van der Waals surface area (Å²) < 4.78 is 32.2. The number of nitrogens with two attached hydrogens (primary N) is 1. The Labute approximate surface area is 137 Å². The number of rotatable bonds is 4. The van der Waals surface area contributed by atoms with E-state index in [1.807, 2.05) is 18.2 Å². The Morgan fingerprint density at radius 1 is 1.14 bits per heavy atom. The Morgan fingerprint density at radius 2 is 1.81 bits per heavy atom. The van der Waals surface area contributed by atoms with Crippen molar-refractivity contribution >= 4 is 38.3 Å². The SMILES string of the molecule is CN(C)S(=O)(=O)c1cccc(Oc2cccc(I)c2)c1N. The molecule has 0 atom stereocenters. The van der Waals surface area contributed by atoms with E-state index in [0.717, 1.165) is 7.88 Å². The van der Waals surface area contributed by atoms with Gasteiger partial charge in [0.2, 0.25) is 10.0 Å². The minimum atomic E-state index is -3.60. The quantitative estimate of drug-likeness (QED) is 0.612. The Balaban J connectivity index is 2.44. The molecule has 0 aromatic heterocycles. The molecular weight excluding hydrogens is 403 g/mol. The van der Waals surface area contributed by atoms with Crippen molar-refractivity contribution in [1.82, 2.24) is 4.31 Å². The van der Waals surface area contributed by atoms with Gasteiger partial charge in [-0.1, -0.05) is 12.1 Å². The summed E-state index contributed by atoms with van der Waals surface area (Å²) >= 11 is 2.17. The number of hydrogen-bond acceptors (Lipinski definition) is 4. The topological polar surface area (TPSA) is 72.6 Å². The van der Waals surface area contributed by atoms with Gasteiger partial charge in [-0.2, -0.15) is 0 Å². The van der Waals surface area contributed by atoms with Crippen molar-refractivity contribution in [3.63, 3.8) is 0 Å². The average Bonchev–Trinajstić information content (AvgIpc) is 2.41. The van der Waals surface area contributed by atoms with Gasteiger partial charge < -0.3 is 10.5 Å². The van der Waals surface area contributed by atoms with Crippen molar-refractivity contribution in [2.45, 2.75) is 4.90 Å². The minimum absolute atomic E-state index is 0.0376. The first-order chi connectivity index (χ1) is 9.82. The maximum atomic E-state index is 12.2. The van der Waals surface area contributed by atoms with Gasteiger partial charge in [-0.15, -0.1) is 0 Å². The van der Waals surface area contributed by atoms with Crippen LogP contribution in [0.3, 0.4) is 0 Å². The first-order valence-electron chi connectivity index (χ1n) is 6.07. The van der Waals surface area contributed by atoms with Crippen LogP contribution in [0.25, 0.3) is 0 Å². The summed E-state index contributed by atoms with van der Waals surface area (Å²) in [6.45, 7) is 0. The van der Waals surface area contributed by atoms with Crippen LogP contribution < -0.4 is 10.5 Å². The molecule has 0 aliphatic heterocycles. The van der Waals surface area contributed by atoms with Crippen LogP contribution >= 0.6 is 22.6 Å². The summed E-state index contributed by atoms with van der Waals surface area (Å²) in [5.74, 6) is 0.924. The summed E-state index contributed by atoms with van der Waals surface area (Å²) in [7, 11) is -0.683. The lowest BCUT2D eigenvalue weighted by Crippen LogP contribution is -2.23. The number of halogens is 1. The van der Waals surface area contributed by atoms with Crippen molar-refractivity contribution in [3.8, 4) is 11.5 Å². The number of para-hydroxylation sites is 1. The van der Waals surface area contributed by atoms with Gasteiger partial charge in [0.1, 0.15) is 10.6 Å². The van der Waals surface area contributed by atoms with Gasteiger partial charge in [0.05, 0.1) is 5.69 Å². The number of nitrogens with zero attached hydrogens (tertiary/aromatic N) is 1. The van der Waals surface area contributed by atoms with Crippen LogP contribution in [0.2, 0.25) is 0 Å². The second-order valence-corrected chi connectivity index (χ2v) is 7.88. The van der Waals surface area contributed by atoms with Gasteiger partial charge in [0, 0.05) is 17.7 Å². The average molecular weight is 418 g/mol. The second-order valence-electron chi connectivity index (χ2n) is 4.51. The zero-order chi connectivity index (χ0) is 15.6. The van der Waals surface area contributed by atoms with E-state index in [2.05, 4.69) is 22.6 Å². The highest BCUT2D eigenvalue weighted by Crippen LogP contribution is 2.33. The highest BCUT2D eigenvalue weighted by molar-refractivity contribution is 14.1. The highest BCUT2D eigenvalue weighted by Gasteiger charge is 2.22. The van der Waals surface area contributed by atoms with Crippen LogP contribution in [-0.2, 0) is 10.0 Å². The molecule has 112 valence electrons. The molecule has 2 aromatic carbocycles. The van der Waals surface area contributed by atoms with Gasteiger partial charge in [0.25, 0.3) is 0 Å². The van der Waals surface area contributed by atoms with E-state index >= 15 is 0 Å². The molecular formula is C14H15IN2O3S. The van der Waals surface area contributed by atoms with E-state index in [-0.39, 0.29) is 10.6 Å². The molecule has 2 N–H and O–H groups in total. The molecule has 2 aromatic rings. The number of ether oxygens (including phenoxy) is 1. The molecule has 0 radical (unpaired) electrons. The minimum Gasteiger partial charge on any atom is -0.455 e. The lowest BCUT2D eigenvalue weighted by atomic mass is 10.3. The molecule has 0 aliphatic carbocycles. The third kappa shape index (κ3) is 3.47. The number of sulfonamides is 1. The van der Waals surface area contributed by atoms with Crippen LogP contribution in [-0.4, -0.2) is 26.8 Å². The fraction of sp³-hybridized carbons (Fsp3) is 0.143. The van der Waals surface area contributed by atoms with E-state index in [1.165, 1.54) is 20.2 Å². The fourth-order valence-corrected chi connectivity index (χ4v) is 3.23. The highest BCUT2D eigenvalue weighted by atomic mass is 127. The number of hydrogen-bond donors (Lipinski definition) is 1. The predicted molar refractivity (Wildman–Crippen MR) is 91.0 cm³/mol. The van der Waals surface area contributed by atoms with Crippen LogP contribution in [0.1, 0.15) is 0 Å². The molecule has 5 nitrogen and oxygen atoms in total. The zero-order valence-electron chi connectivity index (χ0n) is 11.6. The van der Waals surface area contributed by atoms with Crippen LogP contribution in [0, 0.1) is 3.57 Å². The van der Waals surface area contributed by atoms with Crippen LogP contribution in [0.15, 0.2) is 47.4 Å². The molecule has 0 unspecified atom stereocenters. The van der Waals surface area contributed by atoms with Crippen molar-refractivity contribution in [2.24, 2.45) is 0 Å². The van der Waals surface area contributed by atoms with Gasteiger partial charge in [0.15, 0.2) is 5.75 Å². The van der Waals surface area contributed by atoms with Gasteiger partial charge in [-0.05, 0) is 52.9 Å². The molecule has 0 fully saturated rings. The maximum Gasteiger partial charge on any atom is 0.244 e. The molecule has 0 amide bonds. The summed E-state index contributed by atoms with van der Waals surface area (Å²) in [6, 6.07) is 12.1. The normalized spacial score (nSPS) is 11.6. The number of anilines is 1. The summed E-state index contributed by atoms with van der Waals surface area (Å²) in [5.41, 5.74) is 6.06. The molecule has 0 spiro atoms. The Bertz CT molecular complexity index is 761. The van der Waals surface area contributed by atoms with E-state index in [0.29, 0.717) is 11.5 Å². The van der Waals surface area contributed by atoms with Crippen molar-refractivity contribution in [3.05, 3.63) is 46.0 Å². The van der Waals surface area contributed by atoms with Gasteiger partial charge in [-0.3, -0.25) is 0 Å². The van der Waals surface area contributed by atoms with E-state index in [1.54, 1.807) is 18.2 Å². The lowest BCUT2D eigenvalue weighted by molar-refractivity contribution is 0.481. The Hall–Kier alpha value is -1.32. The molecule has 21 heavy (non-hydrogen) atoms. The first-order valence-corrected chi connectivity index (χ1v) is 8.58. The lowest BCUT2D eigenvalue weighted by Gasteiger charge is -2.15. The zero-order valence-corrected chi connectivity index (χ0v) is 14.6. The monoisotopic (exact) mass is 418 g/mol. The second kappa shape index (κ2) is 6.20. The number of nitrogen functional groups attached to an aromatic ring is 1. The van der Waals surface area contributed by atoms with Crippen molar-refractivity contribution < 1.29 is 13.2 Å². The molecule has 0 bridgehead atoms. The molecule has 2 rings (SSSR count). The van der Waals surface area contributed by atoms with Crippen molar-refractivity contribution in [1.29, 1.82) is 0 Å². The molecule has 0 heterocycles. The van der Waals surface area contributed by atoms with E-state index in [4.69, 9.17) is 10.5 Å². The molecule has 7 heteroatoms. The molecule has 0 saturated heterocycles. The van der Waals surface area contributed by atoms with E-state index in [9.17, 15) is 8.42 Å². The van der Waals surface area contributed by atoms with Crippen LogP contribution in [0.5, 0.6) is 11.5 Å². The fourth-order valence-electron chi connectivity index (χ4n) is 1.69. The molecule has 0 saturated carbocycles. The predicted octanol–water partition coefficient (Wildman–Crippen LogP) is 2.92. The van der Waals surface area contributed by atoms with Gasteiger partial charge >= 0.3 is 0 Å². The third-order valence-electron chi connectivity index (χ3n) is 2.81. The Kier molecular flexibility index (Phi) is 4.74. The summed E-state index contributed by atoms with van der Waals surface area (Å²) in [6.07, 6.45) is 0. The summed E-state index contributed by atoms with van der Waals surface area (Å²) in [5, 5.41) is 0. The molecule has 0 aliphatic rings. The first kappa shape index (κ1) is 16.1.